The van der Waals surface area contributed by atoms with E-state index in [0.717, 1.165) is 12.8 Å². The van der Waals surface area contributed by atoms with E-state index >= 15 is 0 Å². The van der Waals surface area contributed by atoms with Gasteiger partial charge in [0.25, 0.3) is 0 Å². The molecule has 1 atom stereocenters. The second-order valence-corrected chi connectivity index (χ2v) is 8.95. The number of hydrazine groups is 1. The Morgan fingerprint density at radius 1 is 1.15 bits per heavy atom. The van der Waals surface area contributed by atoms with Gasteiger partial charge in [-0.2, -0.15) is 4.31 Å². The van der Waals surface area contributed by atoms with Crippen molar-refractivity contribution in [2.45, 2.75) is 24.2 Å². The van der Waals surface area contributed by atoms with Crippen LogP contribution >= 0.6 is 11.6 Å². The largest absolute Gasteiger partial charge is 0.299 e. The van der Waals surface area contributed by atoms with Crippen LogP contribution in [0.15, 0.2) is 59.5 Å². The van der Waals surface area contributed by atoms with Crippen LogP contribution in [0, 0.1) is 5.92 Å². The van der Waals surface area contributed by atoms with E-state index in [9.17, 15) is 13.2 Å². The summed E-state index contributed by atoms with van der Waals surface area (Å²) in [6.45, 7) is 0.831. The van der Waals surface area contributed by atoms with E-state index in [1.54, 1.807) is 54.6 Å². The number of sulfonamides is 1. The van der Waals surface area contributed by atoms with Crippen molar-refractivity contribution in [3.63, 3.8) is 0 Å². The zero-order chi connectivity index (χ0) is 19.3. The van der Waals surface area contributed by atoms with Crippen LogP contribution in [0.5, 0.6) is 0 Å². The van der Waals surface area contributed by atoms with Crippen LogP contribution in [-0.4, -0.2) is 31.7 Å². The van der Waals surface area contributed by atoms with Crippen LogP contribution in [0.2, 0.25) is 5.02 Å². The molecule has 1 aliphatic heterocycles. The lowest BCUT2D eigenvalue weighted by atomic mass is 9.96. The maximum absolute atomic E-state index is 12.8. The summed E-state index contributed by atoms with van der Waals surface area (Å²) < 4.78 is 27.0. The number of benzene rings is 2. The van der Waals surface area contributed by atoms with Gasteiger partial charge in [0.15, 0.2) is 0 Å². The number of piperidine rings is 1. The Kier molecular flexibility index (Phi) is 6.36. The van der Waals surface area contributed by atoms with Crippen LogP contribution in [-0.2, 0) is 14.8 Å². The molecule has 1 fully saturated rings. The van der Waals surface area contributed by atoms with E-state index in [-0.39, 0.29) is 23.1 Å². The second kappa shape index (κ2) is 8.73. The van der Waals surface area contributed by atoms with Gasteiger partial charge in [-0.15, -0.1) is 0 Å². The molecule has 0 aromatic heterocycles. The summed E-state index contributed by atoms with van der Waals surface area (Å²) in [5.74, 6) is -0.197. The topological polar surface area (TPSA) is 78.5 Å². The number of hydrogen-bond acceptors (Lipinski definition) is 4. The van der Waals surface area contributed by atoms with Gasteiger partial charge in [0, 0.05) is 24.5 Å². The number of anilines is 1. The van der Waals surface area contributed by atoms with Crippen LogP contribution in [0.25, 0.3) is 0 Å². The molecule has 1 amide bonds. The minimum Gasteiger partial charge on any atom is -0.299 e. The number of carbonyl (C=O) groups excluding carboxylic acids is 1. The Bertz CT molecular complexity index is 890. The van der Waals surface area contributed by atoms with Crippen molar-refractivity contribution in [2.75, 3.05) is 18.5 Å². The monoisotopic (exact) mass is 407 g/mol. The summed E-state index contributed by atoms with van der Waals surface area (Å²) in [5.41, 5.74) is 6.16. The van der Waals surface area contributed by atoms with Crippen molar-refractivity contribution >= 4 is 33.2 Å². The number of carbonyl (C=O) groups is 1. The number of rotatable bonds is 6. The lowest BCUT2D eigenvalue weighted by molar-refractivity contribution is -0.121. The summed E-state index contributed by atoms with van der Waals surface area (Å²) in [4.78, 5) is 12.5. The fraction of sp³-hybridized carbons (Fsp3) is 0.316. The molecule has 0 spiro atoms. The number of nitrogens with one attached hydrogen (secondary N) is 2. The molecule has 1 unspecified atom stereocenters. The molecule has 6 nitrogen and oxygen atoms in total. The Labute approximate surface area is 164 Å². The zero-order valence-electron chi connectivity index (χ0n) is 14.8. The quantitative estimate of drug-likeness (QED) is 0.720. The fourth-order valence-electron chi connectivity index (χ4n) is 3.17. The number of hydrogen-bond donors (Lipinski definition) is 2. The molecule has 1 heterocycles. The molecule has 0 radical (unpaired) electrons. The first kappa shape index (κ1) is 19.7. The molecule has 1 aliphatic rings. The number of amides is 1. The maximum atomic E-state index is 12.8. The molecule has 3 rings (SSSR count). The first-order valence-electron chi connectivity index (χ1n) is 8.81. The predicted octanol–water partition coefficient (Wildman–Crippen LogP) is 3.27. The van der Waals surface area contributed by atoms with Crippen molar-refractivity contribution in [3.8, 4) is 0 Å². The lowest BCUT2D eigenvalue weighted by Crippen LogP contribution is -2.41. The van der Waals surface area contributed by atoms with Gasteiger partial charge >= 0.3 is 0 Å². The Morgan fingerprint density at radius 2 is 1.93 bits per heavy atom. The van der Waals surface area contributed by atoms with E-state index < -0.39 is 10.0 Å². The lowest BCUT2D eigenvalue weighted by Gasteiger charge is -2.31. The third-order valence-electron chi connectivity index (χ3n) is 4.51. The second-order valence-electron chi connectivity index (χ2n) is 6.57. The first-order chi connectivity index (χ1) is 12.9. The van der Waals surface area contributed by atoms with E-state index in [1.807, 2.05) is 0 Å². The number of halogens is 1. The van der Waals surface area contributed by atoms with Gasteiger partial charge in [0.05, 0.1) is 10.6 Å². The molecule has 2 N–H and O–H groups in total. The minimum atomic E-state index is -3.52. The van der Waals surface area contributed by atoms with Crippen LogP contribution in [0.4, 0.5) is 5.69 Å². The molecule has 2 aromatic carbocycles. The highest BCUT2D eigenvalue weighted by Crippen LogP contribution is 2.25. The molecular formula is C19H22ClN3O3S. The molecule has 0 saturated carbocycles. The van der Waals surface area contributed by atoms with Crippen molar-refractivity contribution in [2.24, 2.45) is 5.92 Å². The summed E-state index contributed by atoms with van der Waals surface area (Å²) in [7, 11) is -3.52. The SMILES string of the molecule is O=C(CC1CCCN(S(=O)(=O)c2ccccc2)C1)NNc1cccc(Cl)c1. The fourth-order valence-corrected chi connectivity index (χ4v) is 4.94. The molecule has 0 bridgehead atoms. The van der Waals surface area contributed by atoms with Gasteiger partial charge in [-0.25, -0.2) is 8.42 Å². The Morgan fingerprint density at radius 3 is 2.67 bits per heavy atom. The zero-order valence-corrected chi connectivity index (χ0v) is 16.3. The van der Waals surface area contributed by atoms with Gasteiger partial charge in [0.1, 0.15) is 0 Å². The molecule has 8 heteroatoms. The van der Waals surface area contributed by atoms with Crippen LogP contribution < -0.4 is 10.9 Å². The van der Waals surface area contributed by atoms with Gasteiger partial charge in [0.2, 0.25) is 15.9 Å². The third kappa shape index (κ3) is 5.22. The molecular weight excluding hydrogens is 386 g/mol. The van der Waals surface area contributed by atoms with E-state index in [4.69, 9.17) is 11.6 Å². The molecule has 1 saturated heterocycles. The Balaban J connectivity index is 1.56. The highest BCUT2D eigenvalue weighted by molar-refractivity contribution is 7.89. The Hall–Kier alpha value is -2.09. The van der Waals surface area contributed by atoms with Gasteiger partial charge in [-0.3, -0.25) is 15.6 Å². The smallest absolute Gasteiger partial charge is 0.243 e. The average molecular weight is 408 g/mol. The maximum Gasteiger partial charge on any atom is 0.243 e. The standard InChI is InChI=1S/C19H22ClN3O3S/c20-16-7-4-8-17(13-16)21-22-19(24)12-15-6-5-11-23(14-15)27(25,26)18-9-2-1-3-10-18/h1-4,7-10,13,15,21H,5-6,11-12,14H2,(H,22,24). The highest BCUT2D eigenvalue weighted by Gasteiger charge is 2.30. The third-order valence-corrected chi connectivity index (χ3v) is 6.62. The van der Waals surface area contributed by atoms with Gasteiger partial charge < -0.3 is 0 Å². The first-order valence-corrected chi connectivity index (χ1v) is 10.6. The van der Waals surface area contributed by atoms with Crippen molar-refractivity contribution in [1.82, 2.24) is 9.73 Å². The molecule has 2 aromatic rings. The molecule has 27 heavy (non-hydrogen) atoms. The van der Waals surface area contributed by atoms with Crippen LogP contribution in [0.1, 0.15) is 19.3 Å². The van der Waals surface area contributed by atoms with E-state index in [0.29, 0.717) is 23.8 Å². The predicted molar refractivity (Wildman–Crippen MR) is 106 cm³/mol. The highest BCUT2D eigenvalue weighted by atomic mass is 35.5. The van der Waals surface area contributed by atoms with E-state index in [2.05, 4.69) is 10.9 Å². The summed E-state index contributed by atoms with van der Waals surface area (Å²) in [6, 6.07) is 15.4. The summed E-state index contributed by atoms with van der Waals surface area (Å²) >= 11 is 5.91. The van der Waals surface area contributed by atoms with Crippen molar-refractivity contribution in [1.29, 1.82) is 0 Å². The normalized spacial score (nSPS) is 18.0. The molecule has 144 valence electrons. The van der Waals surface area contributed by atoms with Crippen LogP contribution in [0.3, 0.4) is 0 Å². The average Bonchev–Trinajstić information content (AvgIpc) is 2.67. The van der Waals surface area contributed by atoms with Gasteiger partial charge in [-0.05, 0) is 49.1 Å². The van der Waals surface area contributed by atoms with Crippen molar-refractivity contribution < 1.29 is 13.2 Å². The van der Waals surface area contributed by atoms with E-state index in [1.165, 1.54) is 4.31 Å². The molecule has 0 aliphatic carbocycles. The number of nitrogens with zero attached hydrogens (tertiary/aromatic N) is 1. The summed E-state index contributed by atoms with van der Waals surface area (Å²) in [6.07, 6.45) is 1.82. The van der Waals surface area contributed by atoms with Gasteiger partial charge in [-0.1, -0.05) is 35.9 Å². The van der Waals surface area contributed by atoms with Crippen molar-refractivity contribution in [3.05, 3.63) is 59.6 Å². The minimum absolute atomic E-state index is 0.0154. The summed E-state index contributed by atoms with van der Waals surface area (Å²) in [5, 5.41) is 0.572.